The van der Waals surface area contributed by atoms with E-state index in [0.29, 0.717) is 13.0 Å². The minimum Gasteiger partial charge on any atom is -0.434 e. The van der Waals surface area contributed by atoms with Crippen LogP contribution in [0, 0.1) is 0 Å². The van der Waals surface area contributed by atoms with Crippen LogP contribution < -0.4 is 10.1 Å². The fraction of sp³-hybridized carbons (Fsp3) is 0.429. The molecule has 0 aliphatic heterocycles. The van der Waals surface area contributed by atoms with Crippen molar-refractivity contribution in [1.29, 1.82) is 0 Å². The molecular formula is C14H15F5N4O. The van der Waals surface area contributed by atoms with E-state index in [1.54, 1.807) is 4.68 Å². The number of anilines is 1. The van der Waals surface area contributed by atoms with Crippen LogP contribution >= 0.6 is 0 Å². The van der Waals surface area contributed by atoms with Gasteiger partial charge in [0.25, 0.3) is 0 Å². The van der Waals surface area contributed by atoms with E-state index in [1.807, 2.05) is 6.92 Å². The Hall–Kier alpha value is -2.39. The van der Waals surface area contributed by atoms with Gasteiger partial charge in [0.15, 0.2) is 0 Å². The summed E-state index contributed by atoms with van der Waals surface area (Å²) in [7, 11) is 0. The number of nitrogens with zero attached hydrogens (tertiary/aromatic N) is 3. The summed E-state index contributed by atoms with van der Waals surface area (Å²) in [5.41, 5.74) is -1.11. The van der Waals surface area contributed by atoms with Gasteiger partial charge in [0.2, 0.25) is 0 Å². The monoisotopic (exact) mass is 350 g/mol. The van der Waals surface area contributed by atoms with Gasteiger partial charge in [-0.2, -0.15) is 27.1 Å². The number of alkyl halides is 5. The van der Waals surface area contributed by atoms with Crippen molar-refractivity contribution in [1.82, 2.24) is 14.8 Å². The molecule has 0 bridgehead atoms. The number of halogens is 5. The highest BCUT2D eigenvalue weighted by molar-refractivity contribution is 5.52. The molecule has 132 valence electrons. The number of hydrogen-bond acceptors (Lipinski definition) is 4. The van der Waals surface area contributed by atoms with Gasteiger partial charge in [0.1, 0.15) is 18.4 Å². The van der Waals surface area contributed by atoms with Crippen molar-refractivity contribution in [3.8, 4) is 5.75 Å². The Balaban J connectivity index is 2.20. The molecule has 1 N–H and O–H groups in total. The second-order valence-electron chi connectivity index (χ2n) is 4.95. The standard InChI is InChI=1S/C14H15F5N4O/c1-2-9(6-23-8-20-7-21-23)22-10-3-4-12(24-13(15)16)11(5-10)14(17,18)19/h3-5,7-9,13,22H,2,6H2,1H3/t9-/m0/s1. The molecule has 2 aromatic rings. The summed E-state index contributed by atoms with van der Waals surface area (Å²) < 4.78 is 69.1. The number of benzene rings is 1. The van der Waals surface area contributed by atoms with Gasteiger partial charge in [-0.05, 0) is 24.6 Å². The fourth-order valence-corrected chi connectivity index (χ4v) is 2.11. The smallest absolute Gasteiger partial charge is 0.420 e. The van der Waals surface area contributed by atoms with Crippen molar-refractivity contribution in [3.05, 3.63) is 36.4 Å². The van der Waals surface area contributed by atoms with E-state index in [2.05, 4.69) is 20.1 Å². The van der Waals surface area contributed by atoms with Crippen LogP contribution in [0.4, 0.5) is 27.6 Å². The molecule has 1 atom stereocenters. The Bertz CT molecular complexity index is 645. The normalized spacial score (nSPS) is 13.1. The summed E-state index contributed by atoms with van der Waals surface area (Å²) in [5.74, 6) is -0.910. The maximum absolute atomic E-state index is 13.0. The first-order valence-electron chi connectivity index (χ1n) is 7.04. The van der Waals surface area contributed by atoms with E-state index >= 15 is 0 Å². The first-order valence-corrected chi connectivity index (χ1v) is 7.04. The fourth-order valence-electron chi connectivity index (χ4n) is 2.11. The largest absolute Gasteiger partial charge is 0.434 e. The molecule has 0 amide bonds. The van der Waals surface area contributed by atoms with Crippen LogP contribution in [0.1, 0.15) is 18.9 Å². The van der Waals surface area contributed by atoms with Crippen molar-refractivity contribution in [2.75, 3.05) is 5.32 Å². The van der Waals surface area contributed by atoms with Crippen molar-refractivity contribution in [2.24, 2.45) is 0 Å². The lowest BCUT2D eigenvalue weighted by Gasteiger charge is -2.20. The molecule has 0 unspecified atom stereocenters. The Morgan fingerprint density at radius 3 is 2.58 bits per heavy atom. The van der Waals surface area contributed by atoms with Gasteiger partial charge in [-0.1, -0.05) is 6.92 Å². The van der Waals surface area contributed by atoms with Crippen LogP contribution in [0.25, 0.3) is 0 Å². The third-order valence-electron chi connectivity index (χ3n) is 3.24. The third kappa shape index (κ3) is 4.80. The van der Waals surface area contributed by atoms with Gasteiger partial charge in [-0.15, -0.1) is 0 Å². The molecule has 0 aliphatic carbocycles. The van der Waals surface area contributed by atoms with Crippen LogP contribution in [0.15, 0.2) is 30.9 Å². The molecule has 0 spiro atoms. The molecule has 0 saturated heterocycles. The molecule has 0 aliphatic rings. The zero-order chi connectivity index (χ0) is 17.7. The van der Waals surface area contributed by atoms with Crippen LogP contribution in [-0.2, 0) is 12.7 Å². The zero-order valence-corrected chi connectivity index (χ0v) is 12.6. The summed E-state index contributed by atoms with van der Waals surface area (Å²) in [6.07, 6.45) is -1.36. The van der Waals surface area contributed by atoms with Crippen molar-refractivity contribution in [3.63, 3.8) is 0 Å². The summed E-state index contributed by atoms with van der Waals surface area (Å²) in [6, 6.07) is 2.67. The lowest BCUT2D eigenvalue weighted by molar-refractivity contribution is -0.141. The lowest BCUT2D eigenvalue weighted by atomic mass is 10.1. The highest BCUT2D eigenvalue weighted by Crippen LogP contribution is 2.38. The highest BCUT2D eigenvalue weighted by Gasteiger charge is 2.35. The quantitative estimate of drug-likeness (QED) is 0.772. The van der Waals surface area contributed by atoms with Crippen LogP contribution in [0.3, 0.4) is 0 Å². The Morgan fingerprint density at radius 2 is 2.04 bits per heavy atom. The minimum absolute atomic E-state index is 0.149. The Kier molecular flexibility index (Phi) is 5.58. The second kappa shape index (κ2) is 7.45. The van der Waals surface area contributed by atoms with Crippen LogP contribution in [-0.4, -0.2) is 27.4 Å². The third-order valence-corrected chi connectivity index (χ3v) is 3.24. The summed E-state index contributed by atoms with van der Waals surface area (Å²) >= 11 is 0. The maximum Gasteiger partial charge on any atom is 0.420 e. The summed E-state index contributed by atoms with van der Waals surface area (Å²) in [4.78, 5) is 3.79. The minimum atomic E-state index is -4.81. The first kappa shape index (κ1) is 18.0. The average Bonchev–Trinajstić information content (AvgIpc) is 2.99. The van der Waals surface area contributed by atoms with E-state index in [4.69, 9.17) is 0 Å². The van der Waals surface area contributed by atoms with Gasteiger partial charge >= 0.3 is 12.8 Å². The molecule has 1 heterocycles. The average molecular weight is 350 g/mol. The summed E-state index contributed by atoms with van der Waals surface area (Å²) in [6.45, 7) is -1.08. The van der Waals surface area contributed by atoms with Crippen LogP contribution in [0.2, 0.25) is 0 Å². The number of nitrogens with one attached hydrogen (secondary N) is 1. The predicted octanol–water partition coefficient (Wildman–Crippen LogP) is 3.79. The number of rotatable bonds is 7. The van der Waals surface area contributed by atoms with Gasteiger partial charge in [-0.3, -0.25) is 4.68 Å². The van der Waals surface area contributed by atoms with Gasteiger partial charge in [-0.25, -0.2) is 4.98 Å². The van der Waals surface area contributed by atoms with Gasteiger partial charge in [0.05, 0.1) is 12.1 Å². The maximum atomic E-state index is 13.0. The van der Waals surface area contributed by atoms with Crippen molar-refractivity contribution >= 4 is 5.69 Å². The molecule has 0 radical (unpaired) electrons. The zero-order valence-electron chi connectivity index (χ0n) is 12.6. The molecule has 2 rings (SSSR count). The predicted molar refractivity (Wildman–Crippen MR) is 75.8 cm³/mol. The number of hydrogen-bond donors (Lipinski definition) is 1. The molecule has 1 aromatic heterocycles. The molecule has 0 fully saturated rings. The summed E-state index contributed by atoms with van der Waals surface area (Å²) in [5, 5.41) is 6.86. The van der Waals surface area contributed by atoms with E-state index < -0.39 is 24.1 Å². The second-order valence-corrected chi connectivity index (χ2v) is 4.95. The Morgan fingerprint density at radius 1 is 1.29 bits per heavy atom. The highest BCUT2D eigenvalue weighted by atomic mass is 19.4. The molecule has 1 aromatic carbocycles. The molecule has 5 nitrogen and oxygen atoms in total. The molecule has 24 heavy (non-hydrogen) atoms. The van der Waals surface area contributed by atoms with Crippen molar-refractivity contribution < 1.29 is 26.7 Å². The van der Waals surface area contributed by atoms with E-state index in [0.717, 1.165) is 12.1 Å². The topological polar surface area (TPSA) is 52.0 Å². The SMILES string of the molecule is CC[C@@H](Cn1cncn1)Nc1ccc(OC(F)F)c(C(F)(F)F)c1. The van der Waals surface area contributed by atoms with E-state index in [1.165, 1.54) is 18.7 Å². The van der Waals surface area contributed by atoms with Crippen molar-refractivity contribution in [2.45, 2.75) is 38.7 Å². The number of ether oxygens (including phenoxy) is 1. The Labute approximate surface area is 134 Å². The number of aromatic nitrogens is 3. The van der Waals surface area contributed by atoms with Gasteiger partial charge in [0, 0.05) is 11.7 Å². The van der Waals surface area contributed by atoms with E-state index in [-0.39, 0.29) is 11.7 Å². The van der Waals surface area contributed by atoms with E-state index in [9.17, 15) is 22.0 Å². The first-order chi connectivity index (χ1) is 11.3. The van der Waals surface area contributed by atoms with Gasteiger partial charge < -0.3 is 10.1 Å². The van der Waals surface area contributed by atoms with Crippen LogP contribution in [0.5, 0.6) is 5.75 Å². The molecular weight excluding hydrogens is 335 g/mol. The molecule has 0 saturated carbocycles. The lowest BCUT2D eigenvalue weighted by Crippen LogP contribution is -2.25. The molecule has 10 heteroatoms.